The van der Waals surface area contributed by atoms with Crippen molar-refractivity contribution in [3.63, 3.8) is 0 Å². The van der Waals surface area contributed by atoms with Crippen LogP contribution in [-0.4, -0.2) is 23.4 Å². The third kappa shape index (κ3) is 2.18. The van der Waals surface area contributed by atoms with Crippen LogP contribution in [0.5, 0.6) is 0 Å². The minimum Gasteiger partial charge on any atom is -0.481 e. The number of nitrogens with zero attached hydrogens (tertiary/aromatic N) is 1. The van der Waals surface area contributed by atoms with Crippen molar-refractivity contribution in [3.05, 3.63) is 34.9 Å². The molecule has 2 fully saturated rings. The maximum Gasteiger partial charge on any atom is 0.307 e. The molecule has 5 atom stereocenters. The first-order valence-corrected chi connectivity index (χ1v) is 9.23. The van der Waals surface area contributed by atoms with Crippen LogP contribution < -0.4 is 5.73 Å². The summed E-state index contributed by atoms with van der Waals surface area (Å²) < 4.78 is 0. The van der Waals surface area contributed by atoms with Gasteiger partial charge >= 0.3 is 5.97 Å². The van der Waals surface area contributed by atoms with Gasteiger partial charge in [-0.3, -0.25) is 9.59 Å². The Morgan fingerprint density at radius 1 is 1.38 bits per heavy atom. The number of fused-ring (bicyclic) bond motifs is 1. The van der Waals surface area contributed by atoms with Gasteiger partial charge in [-0.05, 0) is 56.1 Å². The first-order valence-electron chi connectivity index (χ1n) is 9.23. The number of ketones is 1. The van der Waals surface area contributed by atoms with Crippen molar-refractivity contribution in [2.45, 2.75) is 40.0 Å². The SMILES string of the molecule is CCC12C(CC(Cc3cc(C)ccc3C)C1(C#N)C(=O)CN)C2C(=O)O. The van der Waals surface area contributed by atoms with Gasteiger partial charge < -0.3 is 10.8 Å². The number of carboxylic acids is 1. The number of aryl methyl sites for hydroxylation is 2. The van der Waals surface area contributed by atoms with E-state index in [1.165, 1.54) is 0 Å². The molecule has 0 aliphatic heterocycles. The third-order valence-corrected chi connectivity index (χ3v) is 7.02. The second kappa shape index (κ2) is 6.21. The number of carboxylic acid groups (broad SMARTS) is 1. The summed E-state index contributed by atoms with van der Waals surface area (Å²) in [6, 6.07) is 8.50. The van der Waals surface area contributed by atoms with Gasteiger partial charge in [0.1, 0.15) is 5.41 Å². The molecule has 0 bridgehead atoms. The number of nitriles is 1. The molecule has 138 valence electrons. The van der Waals surface area contributed by atoms with Gasteiger partial charge in [0.05, 0.1) is 18.5 Å². The topological polar surface area (TPSA) is 104 Å². The Labute approximate surface area is 154 Å². The van der Waals surface area contributed by atoms with E-state index in [4.69, 9.17) is 5.73 Å². The maximum absolute atomic E-state index is 12.9. The lowest BCUT2D eigenvalue weighted by molar-refractivity contribution is -0.142. The van der Waals surface area contributed by atoms with Crippen molar-refractivity contribution in [1.29, 1.82) is 5.26 Å². The molecule has 0 amide bonds. The van der Waals surface area contributed by atoms with Crippen LogP contribution in [-0.2, 0) is 16.0 Å². The summed E-state index contributed by atoms with van der Waals surface area (Å²) >= 11 is 0. The third-order valence-electron chi connectivity index (χ3n) is 7.02. The number of hydrogen-bond donors (Lipinski definition) is 2. The lowest BCUT2D eigenvalue weighted by atomic mass is 9.61. The van der Waals surface area contributed by atoms with Crippen LogP contribution in [0.1, 0.15) is 36.5 Å². The monoisotopic (exact) mass is 354 g/mol. The van der Waals surface area contributed by atoms with Crippen LogP contribution in [0.25, 0.3) is 0 Å². The van der Waals surface area contributed by atoms with Gasteiger partial charge in [-0.1, -0.05) is 30.7 Å². The smallest absolute Gasteiger partial charge is 0.307 e. The quantitative estimate of drug-likeness (QED) is 0.817. The minimum atomic E-state index is -1.31. The molecular weight excluding hydrogens is 328 g/mol. The molecule has 1 aromatic carbocycles. The molecule has 0 spiro atoms. The second-order valence-corrected chi connectivity index (χ2v) is 7.93. The molecule has 0 heterocycles. The highest BCUT2D eigenvalue weighted by atomic mass is 16.4. The molecule has 2 aliphatic carbocycles. The molecule has 3 rings (SSSR count). The van der Waals surface area contributed by atoms with Gasteiger partial charge in [-0.2, -0.15) is 5.26 Å². The van der Waals surface area contributed by atoms with E-state index < -0.39 is 22.7 Å². The number of Topliss-reactive ketones (excluding diaryl/α,β-unsaturated/α-hetero) is 1. The van der Waals surface area contributed by atoms with Crippen LogP contribution in [0.15, 0.2) is 18.2 Å². The number of carbonyl (C=O) groups is 2. The molecule has 0 saturated heterocycles. The van der Waals surface area contributed by atoms with Gasteiger partial charge in [-0.25, -0.2) is 0 Å². The number of nitrogens with two attached hydrogens (primary N) is 1. The largest absolute Gasteiger partial charge is 0.481 e. The normalized spacial score (nSPS) is 34.8. The molecule has 5 heteroatoms. The molecule has 2 aliphatic rings. The molecule has 0 radical (unpaired) electrons. The summed E-state index contributed by atoms with van der Waals surface area (Å²) in [7, 11) is 0. The highest BCUT2D eigenvalue weighted by molar-refractivity contribution is 5.94. The van der Waals surface area contributed by atoms with E-state index in [-0.39, 0.29) is 24.2 Å². The van der Waals surface area contributed by atoms with Crippen LogP contribution >= 0.6 is 0 Å². The van der Waals surface area contributed by atoms with E-state index in [0.717, 1.165) is 16.7 Å². The number of rotatable bonds is 6. The molecule has 3 N–H and O–H groups in total. The lowest BCUT2D eigenvalue weighted by Gasteiger charge is -2.37. The number of benzene rings is 1. The zero-order valence-corrected chi connectivity index (χ0v) is 15.6. The van der Waals surface area contributed by atoms with Crippen LogP contribution in [0, 0.1) is 53.8 Å². The zero-order valence-electron chi connectivity index (χ0n) is 15.6. The summed E-state index contributed by atoms with van der Waals surface area (Å²) in [5.41, 5.74) is 7.00. The predicted molar refractivity (Wildman–Crippen MR) is 97.2 cm³/mol. The first-order chi connectivity index (χ1) is 12.3. The molecule has 0 aromatic heterocycles. The summed E-state index contributed by atoms with van der Waals surface area (Å²) in [6.07, 6.45) is 1.71. The van der Waals surface area contributed by atoms with Crippen molar-refractivity contribution >= 4 is 11.8 Å². The average Bonchev–Trinajstić information content (AvgIpc) is 3.19. The van der Waals surface area contributed by atoms with Crippen LogP contribution in [0.2, 0.25) is 0 Å². The van der Waals surface area contributed by atoms with Crippen molar-refractivity contribution < 1.29 is 14.7 Å². The molecule has 2 saturated carbocycles. The summed E-state index contributed by atoms with van der Waals surface area (Å²) in [4.78, 5) is 24.7. The van der Waals surface area contributed by atoms with Crippen LogP contribution in [0.3, 0.4) is 0 Å². The Balaban J connectivity index is 2.07. The summed E-state index contributed by atoms with van der Waals surface area (Å²) in [5, 5.41) is 19.8. The van der Waals surface area contributed by atoms with Crippen molar-refractivity contribution in [3.8, 4) is 6.07 Å². The fraction of sp³-hybridized carbons (Fsp3) is 0.571. The van der Waals surface area contributed by atoms with E-state index in [2.05, 4.69) is 18.2 Å². The Morgan fingerprint density at radius 3 is 2.62 bits per heavy atom. The number of aliphatic carboxylic acids is 1. The van der Waals surface area contributed by atoms with E-state index in [0.29, 0.717) is 19.3 Å². The fourth-order valence-corrected chi connectivity index (χ4v) is 5.85. The lowest BCUT2D eigenvalue weighted by Crippen LogP contribution is -2.48. The summed E-state index contributed by atoms with van der Waals surface area (Å²) in [6.45, 7) is 5.72. The van der Waals surface area contributed by atoms with Gasteiger partial charge in [0, 0.05) is 5.41 Å². The van der Waals surface area contributed by atoms with E-state index >= 15 is 0 Å². The Morgan fingerprint density at radius 2 is 2.08 bits per heavy atom. The van der Waals surface area contributed by atoms with Crippen molar-refractivity contribution in [2.24, 2.45) is 34.3 Å². The molecular formula is C21H26N2O3. The fourth-order valence-electron chi connectivity index (χ4n) is 5.85. The van der Waals surface area contributed by atoms with Gasteiger partial charge in [0.15, 0.2) is 5.78 Å². The average molecular weight is 354 g/mol. The number of hydrogen-bond acceptors (Lipinski definition) is 4. The second-order valence-electron chi connectivity index (χ2n) is 7.93. The van der Waals surface area contributed by atoms with Crippen molar-refractivity contribution in [1.82, 2.24) is 0 Å². The molecule has 5 unspecified atom stereocenters. The minimum absolute atomic E-state index is 0.115. The highest BCUT2D eigenvalue weighted by Crippen LogP contribution is 2.79. The van der Waals surface area contributed by atoms with Crippen LogP contribution in [0.4, 0.5) is 0 Å². The molecule has 5 nitrogen and oxygen atoms in total. The Kier molecular flexibility index (Phi) is 4.44. The van der Waals surface area contributed by atoms with Gasteiger partial charge in [0.2, 0.25) is 0 Å². The Bertz CT molecular complexity index is 812. The Hall–Kier alpha value is -2.19. The van der Waals surface area contributed by atoms with E-state index in [9.17, 15) is 20.0 Å². The first kappa shape index (κ1) is 18.6. The molecule has 26 heavy (non-hydrogen) atoms. The number of carbonyl (C=O) groups excluding carboxylic acids is 1. The van der Waals surface area contributed by atoms with Crippen molar-refractivity contribution in [2.75, 3.05) is 6.54 Å². The van der Waals surface area contributed by atoms with E-state index in [1.54, 1.807) is 0 Å². The highest BCUT2D eigenvalue weighted by Gasteiger charge is 2.83. The molecule has 1 aromatic rings. The maximum atomic E-state index is 12.9. The van der Waals surface area contributed by atoms with Gasteiger partial charge in [0.25, 0.3) is 0 Å². The summed E-state index contributed by atoms with van der Waals surface area (Å²) in [5.74, 6) is -2.12. The van der Waals surface area contributed by atoms with E-state index in [1.807, 2.05) is 26.8 Å². The van der Waals surface area contributed by atoms with Gasteiger partial charge in [-0.15, -0.1) is 0 Å². The predicted octanol–water partition coefficient (Wildman–Crippen LogP) is 2.63. The standard InChI is InChI=1S/C21H26N2O3/c1-4-20-16(18(20)19(25)26)9-15(21(20,11-23)17(24)10-22)8-14-7-12(2)5-6-13(14)3/h5-7,15-16,18H,4,8-10,22H2,1-3H3,(H,25,26). The zero-order chi connectivity index (χ0) is 19.3.